The summed E-state index contributed by atoms with van der Waals surface area (Å²) in [4.78, 5) is 0. The van der Waals surface area contributed by atoms with E-state index in [0.29, 0.717) is 6.04 Å². The van der Waals surface area contributed by atoms with Crippen molar-refractivity contribution in [2.45, 2.75) is 40.2 Å². The van der Waals surface area contributed by atoms with Gasteiger partial charge in [0.2, 0.25) is 0 Å². The molecule has 1 nitrogen and oxygen atoms in total. The molecule has 0 saturated heterocycles. The lowest BCUT2D eigenvalue weighted by molar-refractivity contribution is 0.614. The first-order valence-corrected chi connectivity index (χ1v) is 7.99. The van der Waals surface area contributed by atoms with Crippen LogP contribution in [0.2, 0.25) is 0 Å². The smallest absolute Gasteiger partial charge is 0.0195 e. The Kier molecular flexibility index (Phi) is 6.80. The van der Waals surface area contributed by atoms with Gasteiger partial charge in [-0.05, 0) is 50.1 Å². The Morgan fingerprint density at radius 1 is 1.17 bits per heavy atom. The van der Waals surface area contributed by atoms with E-state index < -0.39 is 0 Å². The van der Waals surface area contributed by atoms with Crippen molar-refractivity contribution in [2.75, 3.05) is 18.6 Å². The molecule has 1 atom stereocenters. The fourth-order valence-electron chi connectivity index (χ4n) is 1.98. The zero-order valence-electron chi connectivity index (χ0n) is 12.4. The summed E-state index contributed by atoms with van der Waals surface area (Å²) in [7, 11) is 2.08. The molecule has 1 N–H and O–H groups in total. The average molecular weight is 265 g/mol. The van der Waals surface area contributed by atoms with Crippen LogP contribution < -0.4 is 5.32 Å². The molecule has 0 fully saturated rings. The van der Waals surface area contributed by atoms with Crippen molar-refractivity contribution in [3.05, 3.63) is 34.9 Å². The van der Waals surface area contributed by atoms with Crippen LogP contribution in [0.5, 0.6) is 0 Å². The fraction of sp³-hybridized carbons (Fsp3) is 0.625. The quantitative estimate of drug-likeness (QED) is 0.804. The molecule has 1 unspecified atom stereocenters. The highest BCUT2D eigenvalue weighted by atomic mass is 32.2. The van der Waals surface area contributed by atoms with Gasteiger partial charge in [-0.25, -0.2) is 0 Å². The Balaban J connectivity index is 2.54. The largest absolute Gasteiger partial charge is 0.316 e. The fourth-order valence-corrected chi connectivity index (χ4v) is 3.15. The summed E-state index contributed by atoms with van der Waals surface area (Å²) in [6.07, 6.45) is 1.13. The second-order valence-corrected chi connectivity index (χ2v) is 6.63. The van der Waals surface area contributed by atoms with Gasteiger partial charge in [0.05, 0.1) is 0 Å². The molecule has 0 aliphatic rings. The lowest BCUT2D eigenvalue weighted by atomic mass is 10.00. The highest BCUT2D eigenvalue weighted by Gasteiger charge is 2.09. The van der Waals surface area contributed by atoms with Crippen LogP contribution in [-0.4, -0.2) is 24.6 Å². The summed E-state index contributed by atoms with van der Waals surface area (Å²) in [5.74, 6) is 3.24. The van der Waals surface area contributed by atoms with E-state index in [9.17, 15) is 0 Å². The Hall–Kier alpha value is -0.470. The van der Waals surface area contributed by atoms with Crippen molar-refractivity contribution in [2.24, 2.45) is 5.92 Å². The molecule has 0 amide bonds. The standard InChI is InChI=1S/C16H27NS/c1-12(2)10-18-11-16(17-5)9-15-8-13(3)6-7-14(15)4/h6-8,12,16-17H,9-11H2,1-5H3. The highest BCUT2D eigenvalue weighted by Crippen LogP contribution is 2.16. The average Bonchev–Trinajstić information content (AvgIpc) is 2.32. The summed E-state index contributed by atoms with van der Waals surface area (Å²) in [5, 5.41) is 3.45. The van der Waals surface area contributed by atoms with E-state index in [0.717, 1.165) is 12.3 Å². The van der Waals surface area contributed by atoms with Gasteiger partial charge >= 0.3 is 0 Å². The van der Waals surface area contributed by atoms with E-state index >= 15 is 0 Å². The second-order valence-electron chi connectivity index (χ2n) is 5.55. The first-order chi connectivity index (χ1) is 8.52. The summed E-state index contributed by atoms with van der Waals surface area (Å²) in [6, 6.07) is 7.33. The van der Waals surface area contributed by atoms with Crippen molar-refractivity contribution >= 4 is 11.8 Å². The van der Waals surface area contributed by atoms with Gasteiger partial charge < -0.3 is 5.32 Å². The van der Waals surface area contributed by atoms with Gasteiger partial charge in [0.1, 0.15) is 0 Å². The van der Waals surface area contributed by atoms with Gasteiger partial charge in [0.15, 0.2) is 0 Å². The predicted molar refractivity (Wildman–Crippen MR) is 84.6 cm³/mol. The number of hydrogen-bond donors (Lipinski definition) is 1. The van der Waals surface area contributed by atoms with Crippen molar-refractivity contribution in [3.63, 3.8) is 0 Å². The Morgan fingerprint density at radius 2 is 1.89 bits per heavy atom. The Bertz CT molecular complexity index is 360. The minimum absolute atomic E-state index is 0.578. The molecule has 0 aliphatic carbocycles. The molecular weight excluding hydrogens is 238 g/mol. The first kappa shape index (κ1) is 15.6. The molecule has 0 radical (unpaired) electrons. The number of nitrogens with one attached hydrogen (secondary N) is 1. The normalized spacial score (nSPS) is 13.0. The van der Waals surface area contributed by atoms with E-state index in [4.69, 9.17) is 0 Å². The summed E-state index contributed by atoms with van der Waals surface area (Å²) in [5.41, 5.74) is 4.26. The number of likely N-dealkylation sites (N-methyl/N-ethyl adjacent to an activating group) is 1. The van der Waals surface area contributed by atoms with E-state index in [1.165, 1.54) is 28.2 Å². The maximum absolute atomic E-state index is 3.45. The highest BCUT2D eigenvalue weighted by molar-refractivity contribution is 7.99. The van der Waals surface area contributed by atoms with Crippen molar-refractivity contribution < 1.29 is 0 Å². The van der Waals surface area contributed by atoms with E-state index in [2.05, 4.69) is 70.0 Å². The molecule has 1 aromatic carbocycles. The maximum Gasteiger partial charge on any atom is 0.0195 e. The van der Waals surface area contributed by atoms with E-state index in [1.807, 2.05) is 0 Å². The van der Waals surface area contributed by atoms with Gasteiger partial charge in [0, 0.05) is 11.8 Å². The van der Waals surface area contributed by atoms with Crippen LogP contribution in [0.1, 0.15) is 30.5 Å². The lowest BCUT2D eigenvalue weighted by Crippen LogP contribution is -2.30. The second kappa shape index (κ2) is 7.85. The molecule has 0 aliphatic heterocycles. The number of benzene rings is 1. The van der Waals surface area contributed by atoms with Gasteiger partial charge in [-0.15, -0.1) is 0 Å². The summed E-state index contributed by atoms with van der Waals surface area (Å²) in [6.45, 7) is 8.95. The Labute approximate surface area is 117 Å². The van der Waals surface area contributed by atoms with Crippen LogP contribution in [0.15, 0.2) is 18.2 Å². The number of thioether (sulfide) groups is 1. The van der Waals surface area contributed by atoms with Crippen LogP contribution in [0.4, 0.5) is 0 Å². The summed E-state index contributed by atoms with van der Waals surface area (Å²) < 4.78 is 0. The summed E-state index contributed by atoms with van der Waals surface area (Å²) >= 11 is 2.06. The molecule has 0 spiro atoms. The van der Waals surface area contributed by atoms with Crippen molar-refractivity contribution in [1.29, 1.82) is 0 Å². The third-order valence-corrected chi connectivity index (χ3v) is 4.69. The Morgan fingerprint density at radius 3 is 2.50 bits per heavy atom. The minimum Gasteiger partial charge on any atom is -0.316 e. The third-order valence-electron chi connectivity index (χ3n) is 3.15. The van der Waals surface area contributed by atoms with Crippen molar-refractivity contribution in [3.8, 4) is 0 Å². The number of rotatable bonds is 7. The predicted octanol–water partition coefficient (Wildman–Crippen LogP) is 3.82. The number of aryl methyl sites for hydroxylation is 2. The van der Waals surface area contributed by atoms with Crippen molar-refractivity contribution in [1.82, 2.24) is 5.32 Å². The molecule has 1 rings (SSSR count). The molecule has 18 heavy (non-hydrogen) atoms. The topological polar surface area (TPSA) is 12.0 Å². The van der Waals surface area contributed by atoms with Gasteiger partial charge in [-0.2, -0.15) is 11.8 Å². The molecule has 1 aromatic rings. The van der Waals surface area contributed by atoms with Gasteiger partial charge in [-0.3, -0.25) is 0 Å². The molecule has 0 heterocycles. The minimum atomic E-state index is 0.578. The van der Waals surface area contributed by atoms with Gasteiger partial charge in [0.25, 0.3) is 0 Å². The molecule has 102 valence electrons. The van der Waals surface area contributed by atoms with Crippen LogP contribution in [0.3, 0.4) is 0 Å². The molecule has 0 aromatic heterocycles. The zero-order chi connectivity index (χ0) is 13.5. The molecular formula is C16H27NS. The van der Waals surface area contributed by atoms with Crippen LogP contribution >= 0.6 is 11.8 Å². The van der Waals surface area contributed by atoms with Crippen LogP contribution in [-0.2, 0) is 6.42 Å². The molecule has 0 bridgehead atoms. The third kappa shape index (κ3) is 5.45. The van der Waals surface area contributed by atoms with Crippen LogP contribution in [0.25, 0.3) is 0 Å². The van der Waals surface area contributed by atoms with E-state index in [-0.39, 0.29) is 0 Å². The molecule has 0 saturated carbocycles. The molecule has 2 heteroatoms. The van der Waals surface area contributed by atoms with Crippen LogP contribution in [0, 0.1) is 19.8 Å². The van der Waals surface area contributed by atoms with E-state index in [1.54, 1.807) is 0 Å². The van der Waals surface area contributed by atoms with Gasteiger partial charge in [-0.1, -0.05) is 37.6 Å². The first-order valence-electron chi connectivity index (χ1n) is 6.84. The SMILES string of the molecule is CNC(CSCC(C)C)Cc1cc(C)ccc1C. The lowest BCUT2D eigenvalue weighted by Gasteiger charge is -2.18. The zero-order valence-corrected chi connectivity index (χ0v) is 13.2. The number of hydrogen-bond acceptors (Lipinski definition) is 2. The maximum atomic E-state index is 3.45. The monoisotopic (exact) mass is 265 g/mol.